The van der Waals surface area contributed by atoms with Crippen LogP contribution >= 0.6 is 0 Å². The third-order valence-corrected chi connectivity index (χ3v) is 4.14. The number of methoxy groups -OCH3 is 1. The molecule has 1 aliphatic rings. The van der Waals surface area contributed by atoms with Crippen LogP contribution in [0.15, 0.2) is 18.2 Å². The van der Waals surface area contributed by atoms with Crippen LogP contribution in [0, 0.1) is 5.41 Å². The predicted molar refractivity (Wildman–Crippen MR) is 84.6 cm³/mol. The van der Waals surface area contributed by atoms with Crippen molar-refractivity contribution in [3.8, 4) is 5.75 Å². The lowest BCUT2D eigenvalue weighted by molar-refractivity contribution is -0.137. The van der Waals surface area contributed by atoms with Gasteiger partial charge in [-0.1, -0.05) is 20.8 Å². The largest absolute Gasteiger partial charge is 0.497 e. The molecule has 0 unspecified atom stereocenters. The number of alkyl halides is 3. The van der Waals surface area contributed by atoms with E-state index in [-0.39, 0.29) is 17.2 Å². The van der Waals surface area contributed by atoms with E-state index >= 15 is 0 Å². The summed E-state index contributed by atoms with van der Waals surface area (Å²) in [7, 11) is 1.40. The van der Waals surface area contributed by atoms with E-state index in [1.54, 1.807) is 6.07 Å². The Hall–Kier alpha value is -1.27. The van der Waals surface area contributed by atoms with Gasteiger partial charge in [0, 0.05) is 32.2 Å². The number of benzene rings is 1. The molecule has 1 aromatic rings. The molecule has 6 heteroatoms. The highest BCUT2D eigenvalue weighted by atomic mass is 19.4. The van der Waals surface area contributed by atoms with Crippen molar-refractivity contribution >= 4 is 0 Å². The Morgan fingerprint density at radius 1 is 1.09 bits per heavy atom. The second kappa shape index (κ2) is 6.69. The smallest absolute Gasteiger partial charge is 0.416 e. The molecule has 1 saturated heterocycles. The summed E-state index contributed by atoms with van der Waals surface area (Å²) in [6.45, 7) is 9.53. The minimum absolute atomic E-state index is 0.0965. The highest BCUT2D eigenvalue weighted by Gasteiger charge is 2.36. The maximum atomic E-state index is 13.2. The van der Waals surface area contributed by atoms with Crippen LogP contribution in [0.1, 0.15) is 37.9 Å². The second-order valence-electron chi connectivity index (χ2n) is 7.05. The fourth-order valence-electron chi connectivity index (χ4n) is 3.26. The van der Waals surface area contributed by atoms with Crippen LogP contribution < -0.4 is 10.1 Å². The number of hydrogen-bond acceptors (Lipinski definition) is 3. The number of nitrogens with one attached hydrogen (secondary N) is 1. The minimum atomic E-state index is -4.38. The van der Waals surface area contributed by atoms with Gasteiger partial charge in [-0.2, -0.15) is 13.2 Å². The van der Waals surface area contributed by atoms with Crippen molar-refractivity contribution in [2.24, 2.45) is 5.41 Å². The van der Waals surface area contributed by atoms with E-state index in [2.05, 4.69) is 31.0 Å². The first-order valence-electron chi connectivity index (χ1n) is 7.84. The molecule has 1 heterocycles. The molecule has 0 bridgehead atoms. The van der Waals surface area contributed by atoms with Crippen LogP contribution in [0.5, 0.6) is 5.75 Å². The molecule has 2 rings (SSSR count). The number of piperazine rings is 1. The molecule has 0 spiro atoms. The lowest BCUT2D eigenvalue weighted by atomic mass is 9.80. The molecule has 1 N–H and O–H groups in total. The highest BCUT2D eigenvalue weighted by molar-refractivity contribution is 5.38. The van der Waals surface area contributed by atoms with Gasteiger partial charge in [-0.25, -0.2) is 0 Å². The van der Waals surface area contributed by atoms with E-state index in [1.807, 2.05) is 0 Å². The molecule has 0 aromatic heterocycles. The first kappa shape index (κ1) is 18.1. The third kappa shape index (κ3) is 4.38. The van der Waals surface area contributed by atoms with E-state index in [0.717, 1.165) is 32.2 Å². The Morgan fingerprint density at radius 2 is 1.70 bits per heavy atom. The molecule has 0 saturated carbocycles. The average molecular weight is 330 g/mol. The summed E-state index contributed by atoms with van der Waals surface area (Å²) < 4.78 is 44.7. The Bertz CT molecular complexity index is 532. The average Bonchev–Trinajstić information content (AvgIpc) is 2.46. The highest BCUT2D eigenvalue weighted by Crippen LogP contribution is 2.42. The second-order valence-corrected chi connectivity index (χ2v) is 7.05. The zero-order valence-corrected chi connectivity index (χ0v) is 14.1. The zero-order valence-electron chi connectivity index (χ0n) is 14.1. The van der Waals surface area contributed by atoms with E-state index in [0.29, 0.717) is 5.56 Å². The number of nitrogens with zero attached hydrogens (tertiary/aromatic N) is 1. The summed E-state index contributed by atoms with van der Waals surface area (Å²) in [5, 5.41) is 3.28. The molecule has 3 nitrogen and oxygen atoms in total. The van der Waals surface area contributed by atoms with Crippen molar-refractivity contribution < 1.29 is 17.9 Å². The summed E-state index contributed by atoms with van der Waals surface area (Å²) >= 11 is 0. The molecule has 1 fully saturated rings. The fraction of sp³-hybridized carbons (Fsp3) is 0.647. The Morgan fingerprint density at radius 3 is 2.17 bits per heavy atom. The van der Waals surface area contributed by atoms with E-state index in [4.69, 9.17) is 4.74 Å². The first-order valence-corrected chi connectivity index (χ1v) is 7.84. The third-order valence-electron chi connectivity index (χ3n) is 4.14. The molecule has 1 aliphatic heterocycles. The summed E-state index contributed by atoms with van der Waals surface area (Å²) in [6, 6.07) is 3.95. The maximum Gasteiger partial charge on any atom is 0.416 e. The maximum absolute atomic E-state index is 13.2. The zero-order chi connectivity index (χ0) is 17.3. The standard InChI is InChI=1S/C17H25F3N2O/c1-16(2,3)15(22-7-5-21-6-8-22)12-9-13(17(18,19)20)11-14(10-12)23-4/h9-11,15,21H,5-8H2,1-4H3/t15-/m0/s1. The van der Waals surface area contributed by atoms with Crippen molar-refractivity contribution in [1.29, 1.82) is 0 Å². The van der Waals surface area contributed by atoms with Crippen molar-refractivity contribution in [3.63, 3.8) is 0 Å². The van der Waals surface area contributed by atoms with Gasteiger partial charge in [0.05, 0.1) is 12.7 Å². The van der Waals surface area contributed by atoms with Gasteiger partial charge in [-0.15, -0.1) is 0 Å². The van der Waals surface area contributed by atoms with Gasteiger partial charge in [0.2, 0.25) is 0 Å². The van der Waals surface area contributed by atoms with E-state index in [1.165, 1.54) is 13.2 Å². The Balaban J connectivity index is 2.49. The van der Waals surface area contributed by atoms with Crippen LogP contribution in [0.3, 0.4) is 0 Å². The van der Waals surface area contributed by atoms with Gasteiger partial charge >= 0.3 is 6.18 Å². The summed E-state index contributed by atoms with van der Waals surface area (Å²) in [5.41, 5.74) is -0.186. The van der Waals surface area contributed by atoms with E-state index < -0.39 is 11.7 Å². The molecule has 0 radical (unpaired) electrons. The topological polar surface area (TPSA) is 24.5 Å². The minimum Gasteiger partial charge on any atom is -0.497 e. The number of rotatable bonds is 3. The molecular weight excluding hydrogens is 305 g/mol. The molecular formula is C17H25F3N2O. The normalized spacial score (nSPS) is 18.7. The van der Waals surface area contributed by atoms with Crippen LogP contribution in [0.2, 0.25) is 0 Å². The SMILES string of the molecule is COc1cc([C@H](N2CCNCC2)C(C)(C)C)cc(C(F)(F)F)c1. The van der Waals surface area contributed by atoms with Crippen molar-refractivity contribution in [2.75, 3.05) is 33.3 Å². The van der Waals surface area contributed by atoms with Crippen molar-refractivity contribution in [3.05, 3.63) is 29.3 Å². The quantitative estimate of drug-likeness (QED) is 0.914. The van der Waals surface area contributed by atoms with Gasteiger partial charge in [0.1, 0.15) is 5.75 Å². The van der Waals surface area contributed by atoms with Crippen molar-refractivity contribution in [2.45, 2.75) is 33.0 Å². The molecule has 23 heavy (non-hydrogen) atoms. The lowest BCUT2D eigenvalue weighted by Gasteiger charge is -2.42. The molecule has 0 aliphatic carbocycles. The van der Waals surface area contributed by atoms with Crippen LogP contribution in [-0.2, 0) is 6.18 Å². The lowest BCUT2D eigenvalue weighted by Crippen LogP contribution is -2.48. The predicted octanol–water partition coefficient (Wildman–Crippen LogP) is 3.71. The van der Waals surface area contributed by atoms with Gasteiger partial charge in [-0.05, 0) is 29.2 Å². The van der Waals surface area contributed by atoms with Crippen molar-refractivity contribution in [1.82, 2.24) is 10.2 Å². The number of halogens is 3. The van der Waals surface area contributed by atoms with Crippen LogP contribution in [0.4, 0.5) is 13.2 Å². The van der Waals surface area contributed by atoms with Gasteiger partial charge in [0.25, 0.3) is 0 Å². The monoisotopic (exact) mass is 330 g/mol. The summed E-state index contributed by atoms with van der Waals surface area (Å²) in [6.07, 6.45) is -4.38. The molecule has 1 atom stereocenters. The van der Waals surface area contributed by atoms with Gasteiger partial charge in [-0.3, -0.25) is 4.90 Å². The van der Waals surface area contributed by atoms with E-state index in [9.17, 15) is 13.2 Å². The number of ether oxygens (including phenoxy) is 1. The Labute approximate surface area is 135 Å². The Kier molecular flexibility index (Phi) is 5.26. The number of hydrogen-bond donors (Lipinski definition) is 1. The van der Waals surface area contributed by atoms with Crippen LogP contribution in [0.25, 0.3) is 0 Å². The first-order chi connectivity index (χ1) is 10.6. The summed E-state index contributed by atoms with van der Waals surface area (Å²) in [5.74, 6) is 0.249. The fourth-order valence-corrected chi connectivity index (χ4v) is 3.26. The summed E-state index contributed by atoms with van der Waals surface area (Å²) in [4.78, 5) is 2.26. The van der Waals surface area contributed by atoms with Crippen LogP contribution in [-0.4, -0.2) is 38.2 Å². The molecule has 0 amide bonds. The molecule has 1 aromatic carbocycles. The molecule has 130 valence electrons. The van der Waals surface area contributed by atoms with Gasteiger partial charge < -0.3 is 10.1 Å². The van der Waals surface area contributed by atoms with Gasteiger partial charge in [0.15, 0.2) is 0 Å².